The molecule has 0 aliphatic carbocycles. The average molecular weight is 238 g/mol. The zero-order valence-electron chi connectivity index (χ0n) is 9.90. The standard InChI is InChI=1S/C12H18N2O3/c1-9(8-15)4-3-7-13-12(17)10-5-2-6-11(16)14-10/h2,5-6,9,15H,3-4,7-8H2,1H3,(H,13,17)(H,14,16). The lowest BCUT2D eigenvalue weighted by Crippen LogP contribution is -2.27. The Balaban J connectivity index is 2.33. The van der Waals surface area contributed by atoms with Gasteiger partial charge in [0.15, 0.2) is 0 Å². The van der Waals surface area contributed by atoms with Gasteiger partial charge in [-0.25, -0.2) is 0 Å². The second-order valence-corrected chi connectivity index (χ2v) is 4.11. The predicted molar refractivity (Wildman–Crippen MR) is 64.9 cm³/mol. The number of amides is 1. The minimum absolute atomic E-state index is 0.167. The third kappa shape index (κ3) is 4.82. The number of carbonyl (C=O) groups excluding carboxylic acids is 1. The number of rotatable bonds is 6. The van der Waals surface area contributed by atoms with Gasteiger partial charge in [-0.05, 0) is 24.8 Å². The fourth-order valence-corrected chi connectivity index (χ4v) is 1.42. The van der Waals surface area contributed by atoms with Crippen molar-refractivity contribution in [3.63, 3.8) is 0 Å². The van der Waals surface area contributed by atoms with Crippen LogP contribution in [-0.2, 0) is 0 Å². The van der Waals surface area contributed by atoms with E-state index in [9.17, 15) is 9.59 Å². The lowest BCUT2D eigenvalue weighted by Gasteiger charge is -2.08. The highest BCUT2D eigenvalue weighted by atomic mass is 16.3. The molecule has 0 aliphatic rings. The summed E-state index contributed by atoms with van der Waals surface area (Å²) in [5, 5.41) is 11.5. The van der Waals surface area contributed by atoms with Gasteiger partial charge in [-0.1, -0.05) is 13.0 Å². The maximum absolute atomic E-state index is 11.6. The molecule has 17 heavy (non-hydrogen) atoms. The molecule has 1 unspecified atom stereocenters. The number of hydrogen-bond acceptors (Lipinski definition) is 3. The van der Waals surface area contributed by atoms with Gasteiger partial charge in [0.2, 0.25) is 5.56 Å². The highest BCUT2D eigenvalue weighted by molar-refractivity contribution is 5.92. The van der Waals surface area contributed by atoms with Gasteiger partial charge >= 0.3 is 0 Å². The molecule has 5 nitrogen and oxygen atoms in total. The molecule has 1 amide bonds. The van der Waals surface area contributed by atoms with Crippen LogP contribution in [0.3, 0.4) is 0 Å². The minimum atomic E-state index is -0.286. The van der Waals surface area contributed by atoms with Crippen molar-refractivity contribution >= 4 is 5.91 Å². The molecule has 0 aromatic carbocycles. The van der Waals surface area contributed by atoms with Crippen LogP contribution in [-0.4, -0.2) is 29.1 Å². The van der Waals surface area contributed by atoms with E-state index in [0.29, 0.717) is 6.54 Å². The number of H-pyrrole nitrogens is 1. The summed E-state index contributed by atoms with van der Waals surface area (Å²) in [6.07, 6.45) is 1.67. The van der Waals surface area contributed by atoms with Crippen molar-refractivity contribution in [3.05, 3.63) is 34.2 Å². The van der Waals surface area contributed by atoms with Crippen molar-refractivity contribution in [1.29, 1.82) is 0 Å². The maximum Gasteiger partial charge on any atom is 0.267 e. The topological polar surface area (TPSA) is 82.2 Å². The molecular weight excluding hydrogens is 220 g/mol. The van der Waals surface area contributed by atoms with Crippen molar-refractivity contribution in [2.45, 2.75) is 19.8 Å². The molecule has 94 valence electrons. The third-order valence-corrected chi connectivity index (χ3v) is 2.48. The fraction of sp³-hybridized carbons (Fsp3) is 0.500. The van der Waals surface area contributed by atoms with Crippen LogP contribution in [0.1, 0.15) is 30.3 Å². The Morgan fingerprint density at radius 3 is 2.94 bits per heavy atom. The summed E-state index contributed by atoms with van der Waals surface area (Å²) in [5.41, 5.74) is -0.0146. The molecule has 0 radical (unpaired) electrons. The monoisotopic (exact) mass is 238 g/mol. The minimum Gasteiger partial charge on any atom is -0.396 e. The van der Waals surface area contributed by atoms with Gasteiger partial charge in [-0.2, -0.15) is 0 Å². The number of aromatic amines is 1. The van der Waals surface area contributed by atoms with E-state index in [1.54, 1.807) is 12.1 Å². The van der Waals surface area contributed by atoms with Crippen LogP contribution >= 0.6 is 0 Å². The number of pyridine rings is 1. The van der Waals surface area contributed by atoms with Crippen molar-refractivity contribution in [3.8, 4) is 0 Å². The largest absolute Gasteiger partial charge is 0.396 e. The lowest BCUT2D eigenvalue weighted by atomic mass is 10.1. The normalized spacial score (nSPS) is 12.1. The van der Waals surface area contributed by atoms with E-state index in [1.165, 1.54) is 6.07 Å². The summed E-state index contributed by atoms with van der Waals surface area (Å²) in [6, 6.07) is 4.47. The number of aromatic nitrogens is 1. The number of aliphatic hydroxyl groups excluding tert-OH is 1. The summed E-state index contributed by atoms with van der Waals surface area (Å²) in [4.78, 5) is 25.0. The summed E-state index contributed by atoms with van der Waals surface area (Å²) >= 11 is 0. The zero-order valence-corrected chi connectivity index (χ0v) is 9.90. The first-order valence-corrected chi connectivity index (χ1v) is 5.72. The molecular formula is C12H18N2O3. The van der Waals surface area contributed by atoms with Crippen LogP contribution in [0.4, 0.5) is 0 Å². The Kier molecular flexibility index (Phi) is 5.42. The van der Waals surface area contributed by atoms with Crippen LogP contribution in [0.5, 0.6) is 0 Å². The molecule has 0 aliphatic heterocycles. The second kappa shape index (κ2) is 6.85. The van der Waals surface area contributed by atoms with Gasteiger partial charge in [0.05, 0.1) is 0 Å². The first-order chi connectivity index (χ1) is 8.13. The number of aliphatic hydroxyl groups is 1. The molecule has 0 bridgehead atoms. The fourth-order valence-electron chi connectivity index (χ4n) is 1.42. The van der Waals surface area contributed by atoms with E-state index in [-0.39, 0.29) is 29.7 Å². The van der Waals surface area contributed by atoms with Crippen LogP contribution in [0.2, 0.25) is 0 Å². The Bertz CT molecular complexity index is 414. The molecule has 0 spiro atoms. The highest BCUT2D eigenvalue weighted by Gasteiger charge is 2.05. The van der Waals surface area contributed by atoms with Gasteiger partial charge in [-0.15, -0.1) is 0 Å². The first kappa shape index (κ1) is 13.4. The van der Waals surface area contributed by atoms with Gasteiger partial charge in [0.25, 0.3) is 5.91 Å². The Labute approximate surface area is 99.9 Å². The third-order valence-electron chi connectivity index (χ3n) is 2.48. The van der Waals surface area contributed by atoms with Gasteiger partial charge in [-0.3, -0.25) is 9.59 Å². The Morgan fingerprint density at radius 1 is 1.53 bits per heavy atom. The van der Waals surface area contributed by atoms with Crippen molar-refractivity contribution in [1.82, 2.24) is 10.3 Å². The molecule has 1 aromatic rings. The summed E-state index contributed by atoms with van der Waals surface area (Å²) in [5.74, 6) is -0.0252. The molecule has 1 heterocycles. The molecule has 0 saturated heterocycles. The van der Waals surface area contributed by atoms with E-state index in [4.69, 9.17) is 5.11 Å². The summed E-state index contributed by atoms with van der Waals surface area (Å²) < 4.78 is 0. The lowest BCUT2D eigenvalue weighted by molar-refractivity contribution is 0.0947. The van der Waals surface area contributed by atoms with Crippen LogP contribution in [0, 0.1) is 5.92 Å². The van der Waals surface area contributed by atoms with Crippen molar-refractivity contribution in [2.24, 2.45) is 5.92 Å². The molecule has 3 N–H and O–H groups in total. The molecule has 1 aromatic heterocycles. The van der Waals surface area contributed by atoms with E-state index in [2.05, 4.69) is 10.3 Å². The first-order valence-electron chi connectivity index (χ1n) is 5.72. The molecule has 1 rings (SSSR count). The van der Waals surface area contributed by atoms with Crippen molar-refractivity contribution < 1.29 is 9.90 Å². The van der Waals surface area contributed by atoms with E-state index < -0.39 is 0 Å². The molecule has 5 heteroatoms. The van der Waals surface area contributed by atoms with Gasteiger partial charge in [0, 0.05) is 19.2 Å². The van der Waals surface area contributed by atoms with E-state index in [0.717, 1.165) is 12.8 Å². The highest BCUT2D eigenvalue weighted by Crippen LogP contribution is 2.02. The van der Waals surface area contributed by atoms with Gasteiger partial charge < -0.3 is 15.4 Å². The predicted octanol–water partition coefficient (Wildman–Crippen LogP) is 0.513. The van der Waals surface area contributed by atoms with Crippen molar-refractivity contribution in [2.75, 3.05) is 13.2 Å². The molecule has 1 atom stereocenters. The maximum atomic E-state index is 11.6. The second-order valence-electron chi connectivity index (χ2n) is 4.11. The quantitative estimate of drug-likeness (QED) is 0.632. The van der Waals surface area contributed by atoms with Crippen LogP contribution < -0.4 is 10.9 Å². The number of nitrogens with one attached hydrogen (secondary N) is 2. The number of hydrogen-bond donors (Lipinski definition) is 3. The van der Waals surface area contributed by atoms with Crippen LogP contribution in [0.25, 0.3) is 0 Å². The zero-order chi connectivity index (χ0) is 12.7. The van der Waals surface area contributed by atoms with E-state index in [1.807, 2.05) is 6.92 Å². The molecule has 0 fully saturated rings. The summed E-state index contributed by atoms with van der Waals surface area (Å²) in [6.45, 7) is 2.66. The Hall–Kier alpha value is -1.62. The smallest absolute Gasteiger partial charge is 0.267 e. The Morgan fingerprint density at radius 2 is 2.29 bits per heavy atom. The van der Waals surface area contributed by atoms with Gasteiger partial charge in [0.1, 0.15) is 5.69 Å². The van der Waals surface area contributed by atoms with E-state index >= 15 is 0 Å². The average Bonchev–Trinajstić information content (AvgIpc) is 2.34. The molecule has 0 saturated carbocycles. The SMILES string of the molecule is CC(CO)CCCNC(=O)c1cccc(=O)[nH]1. The number of carbonyl (C=O) groups is 1. The summed E-state index contributed by atoms with van der Waals surface area (Å²) in [7, 11) is 0. The van der Waals surface area contributed by atoms with Crippen LogP contribution in [0.15, 0.2) is 23.0 Å².